The number of ether oxygens (including phenoxy) is 7. The Morgan fingerprint density at radius 1 is 0.421 bits per heavy atom. The van der Waals surface area contributed by atoms with E-state index in [1.54, 1.807) is 112 Å². The molecular formula is C59H79N5O12. The lowest BCUT2D eigenvalue weighted by Gasteiger charge is -2.33. The Morgan fingerprint density at radius 2 is 0.724 bits per heavy atom. The Bertz CT molecular complexity index is 2190. The van der Waals surface area contributed by atoms with E-state index >= 15 is 0 Å². The molecule has 0 aromatic heterocycles. The fourth-order valence-corrected chi connectivity index (χ4v) is 7.78. The van der Waals surface area contributed by atoms with Crippen molar-refractivity contribution in [2.45, 2.75) is 77.7 Å². The fraction of sp³-hybridized carbons (Fsp3) is 0.407. The van der Waals surface area contributed by atoms with Crippen molar-refractivity contribution in [1.29, 1.82) is 0 Å². The number of benzene rings is 3. The second-order valence-electron chi connectivity index (χ2n) is 18.2. The highest BCUT2D eigenvalue weighted by atomic mass is 16.6. The molecule has 17 nitrogen and oxygen atoms in total. The van der Waals surface area contributed by atoms with Crippen molar-refractivity contribution >= 4 is 29.7 Å². The van der Waals surface area contributed by atoms with E-state index in [0.29, 0.717) is 81.7 Å². The van der Waals surface area contributed by atoms with Gasteiger partial charge in [0.1, 0.15) is 45.2 Å². The predicted octanol–water partition coefficient (Wildman–Crippen LogP) is 9.41. The molecule has 0 spiro atoms. The van der Waals surface area contributed by atoms with Gasteiger partial charge in [0.25, 0.3) is 17.7 Å². The van der Waals surface area contributed by atoms with Crippen LogP contribution in [0.5, 0.6) is 34.5 Å². The van der Waals surface area contributed by atoms with E-state index in [2.05, 4.69) is 66.1 Å². The minimum atomic E-state index is -1.06. The number of alkyl carbamates (subject to hydrolysis) is 1. The summed E-state index contributed by atoms with van der Waals surface area (Å²) < 4.78 is 40.4. The zero-order chi connectivity index (χ0) is 55.6. The number of hydrogen-bond acceptors (Lipinski definition) is 12. The molecule has 17 heteroatoms. The molecule has 0 unspecified atom stereocenters. The van der Waals surface area contributed by atoms with E-state index < -0.39 is 34.8 Å². The van der Waals surface area contributed by atoms with Crippen molar-refractivity contribution in [3.63, 3.8) is 0 Å². The van der Waals surface area contributed by atoms with Gasteiger partial charge >= 0.3 is 6.09 Å². The highest BCUT2D eigenvalue weighted by Crippen LogP contribution is 2.37. The SMILES string of the molecule is C=CCOc1cccc(C(=O)NCCCC(CCCNC(=O)c2cccc(OCC=C)c2OCC=C)(CCCNC(=O)c2cccc(OCC=C)c2OCC=C)C(=O)NCCCCNC(=O)OC(C)(C)C)c1OCC=C. The molecule has 3 aromatic carbocycles. The summed E-state index contributed by atoms with van der Waals surface area (Å²) in [6.45, 7) is 29.9. The maximum absolute atomic E-state index is 14.8. The Morgan fingerprint density at radius 3 is 1.04 bits per heavy atom. The van der Waals surface area contributed by atoms with Gasteiger partial charge in [0, 0.05) is 38.1 Å². The summed E-state index contributed by atoms with van der Waals surface area (Å²) in [6.07, 6.45) is 12.1. The molecular weight excluding hydrogens is 971 g/mol. The third-order valence-electron chi connectivity index (χ3n) is 11.2. The Balaban J connectivity index is 1.94. The number of unbranched alkanes of at least 4 members (excludes halogenated alkanes) is 1. The Labute approximate surface area is 449 Å². The van der Waals surface area contributed by atoms with Gasteiger partial charge < -0.3 is 59.7 Å². The monoisotopic (exact) mass is 1050 g/mol. The zero-order valence-electron chi connectivity index (χ0n) is 44.7. The van der Waals surface area contributed by atoms with Gasteiger partial charge in [-0.1, -0.05) is 94.1 Å². The van der Waals surface area contributed by atoms with Crippen LogP contribution in [0.25, 0.3) is 0 Å². The summed E-state index contributed by atoms with van der Waals surface area (Å²) in [5.74, 6) is 0.418. The lowest BCUT2D eigenvalue weighted by atomic mass is 9.74. The van der Waals surface area contributed by atoms with Gasteiger partial charge in [-0.2, -0.15) is 0 Å². The number of para-hydroxylation sites is 3. The van der Waals surface area contributed by atoms with Crippen molar-refractivity contribution in [2.75, 3.05) is 72.4 Å². The number of carbonyl (C=O) groups is 5. The first kappa shape index (κ1) is 62.3. The predicted molar refractivity (Wildman–Crippen MR) is 297 cm³/mol. The normalized spacial score (nSPS) is 10.8. The average molecular weight is 1050 g/mol. The molecule has 3 aromatic rings. The maximum atomic E-state index is 14.8. The second kappa shape index (κ2) is 34.5. The van der Waals surface area contributed by atoms with Crippen LogP contribution >= 0.6 is 0 Å². The van der Waals surface area contributed by atoms with Crippen LogP contribution in [-0.4, -0.2) is 108 Å². The van der Waals surface area contributed by atoms with E-state index in [1.165, 1.54) is 0 Å². The van der Waals surface area contributed by atoms with Crippen molar-refractivity contribution in [2.24, 2.45) is 5.41 Å². The van der Waals surface area contributed by atoms with Crippen molar-refractivity contribution in [3.8, 4) is 34.5 Å². The topological polar surface area (TPSA) is 210 Å². The molecule has 0 atom stereocenters. The quantitative estimate of drug-likeness (QED) is 0.0267. The highest BCUT2D eigenvalue weighted by molar-refractivity contribution is 5.99. The molecule has 0 aliphatic heterocycles. The molecule has 0 saturated heterocycles. The number of nitrogens with one attached hydrogen (secondary N) is 5. The molecule has 0 fully saturated rings. The molecule has 5 amide bonds. The van der Waals surface area contributed by atoms with Crippen LogP contribution in [0.4, 0.5) is 4.79 Å². The first-order valence-electron chi connectivity index (χ1n) is 25.6. The summed E-state index contributed by atoms with van der Waals surface area (Å²) in [7, 11) is 0. The fourth-order valence-electron chi connectivity index (χ4n) is 7.78. The van der Waals surface area contributed by atoms with Crippen molar-refractivity contribution in [1.82, 2.24) is 26.6 Å². The van der Waals surface area contributed by atoms with E-state index in [-0.39, 0.29) is 99.1 Å². The summed E-state index contributed by atoms with van der Waals surface area (Å²) in [5, 5.41) is 14.9. The maximum Gasteiger partial charge on any atom is 0.407 e. The minimum Gasteiger partial charge on any atom is -0.486 e. The van der Waals surface area contributed by atoms with E-state index in [4.69, 9.17) is 33.2 Å². The minimum absolute atomic E-state index is 0.134. The van der Waals surface area contributed by atoms with Gasteiger partial charge in [0.2, 0.25) is 5.91 Å². The molecule has 3 rings (SSSR count). The lowest BCUT2D eigenvalue weighted by molar-refractivity contribution is -0.132. The first-order valence-corrected chi connectivity index (χ1v) is 25.6. The van der Waals surface area contributed by atoms with Crippen LogP contribution < -0.4 is 55.0 Å². The van der Waals surface area contributed by atoms with Crippen molar-refractivity contribution in [3.05, 3.63) is 147 Å². The standard InChI is InChI=1S/C59H79N5O12/c1-10-38-70-47-27-18-24-44(50(47)73-41-13-4)53(65)60-35-21-30-59(56(68)63-33-16-17-34-64-57(69)76-58(7,8)9,31-22-36-61-54(66)45-25-19-28-48(71-39-11-2)51(45)74-42-14-5)32-23-37-62-55(67)46-26-20-29-49(72-40-12-3)52(46)75-43-15-6/h10-15,18-20,24-29H,1-6,16-17,21-23,30-43H2,7-9H3,(H,60,65)(H,61,66)(H,62,67)(H,63,68)(H,64,69). The van der Waals surface area contributed by atoms with Crippen molar-refractivity contribution < 1.29 is 57.1 Å². The van der Waals surface area contributed by atoms with Gasteiger partial charge in [0.15, 0.2) is 34.5 Å². The smallest absolute Gasteiger partial charge is 0.407 e. The molecule has 0 saturated carbocycles. The van der Waals surface area contributed by atoms with E-state index in [1.807, 2.05) is 0 Å². The van der Waals surface area contributed by atoms with Gasteiger partial charge in [0.05, 0.1) is 16.7 Å². The summed E-state index contributed by atoms with van der Waals surface area (Å²) >= 11 is 0. The third-order valence-corrected chi connectivity index (χ3v) is 11.2. The number of rotatable bonds is 39. The number of hydrogen-bond donors (Lipinski definition) is 5. The van der Waals surface area contributed by atoms with Crippen LogP contribution in [0.3, 0.4) is 0 Å². The molecule has 5 N–H and O–H groups in total. The van der Waals surface area contributed by atoms with Gasteiger partial charge in [-0.25, -0.2) is 4.79 Å². The molecule has 0 aliphatic rings. The Kier molecular flexibility index (Phi) is 28.3. The molecule has 0 aliphatic carbocycles. The molecule has 412 valence electrons. The van der Waals surface area contributed by atoms with Crippen LogP contribution in [0, 0.1) is 5.41 Å². The molecule has 0 bridgehead atoms. The van der Waals surface area contributed by atoms with Crippen LogP contribution in [-0.2, 0) is 9.53 Å². The highest BCUT2D eigenvalue weighted by Gasteiger charge is 2.37. The van der Waals surface area contributed by atoms with Crippen LogP contribution in [0.2, 0.25) is 0 Å². The average Bonchev–Trinajstić information content (AvgIpc) is 3.40. The molecule has 0 radical (unpaired) electrons. The van der Waals surface area contributed by atoms with E-state index in [0.717, 1.165) is 0 Å². The number of amides is 5. The molecule has 0 heterocycles. The van der Waals surface area contributed by atoms with Gasteiger partial charge in [-0.3, -0.25) is 19.2 Å². The second-order valence-corrected chi connectivity index (χ2v) is 18.2. The third kappa shape index (κ3) is 21.5. The van der Waals surface area contributed by atoms with Gasteiger partial charge in [-0.15, -0.1) is 0 Å². The number of carbonyl (C=O) groups excluding carboxylic acids is 5. The largest absolute Gasteiger partial charge is 0.486 e. The first-order chi connectivity index (χ1) is 36.7. The van der Waals surface area contributed by atoms with Crippen LogP contribution in [0.1, 0.15) is 103 Å². The van der Waals surface area contributed by atoms with Gasteiger partial charge in [-0.05, 0) is 109 Å². The lowest BCUT2D eigenvalue weighted by Crippen LogP contribution is -2.43. The summed E-state index contributed by atoms with van der Waals surface area (Å²) in [6, 6.07) is 15.1. The van der Waals surface area contributed by atoms with E-state index in [9.17, 15) is 24.0 Å². The van der Waals surface area contributed by atoms with Crippen LogP contribution in [0.15, 0.2) is 131 Å². The zero-order valence-corrected chi connectivity index (χ0v) is 44.7. The molecule has 76 heavy (non-hydrogen) atoms. The summed E-state index contributed by atoms with van der Waals surface area (Å²) in [5.41, 5.74) is -0.934. The summed E-state index contributed by atoms with van der Waals surface area (Å²) in [4.78, 5) is 68.5. The Hall–Kier alpha value is -7.95.